The lowest BCUT2D eigenvalue weighted by Crippen LogP contribution is -2.50. The largest absolute Gasteiger partial charge is 0.339 e. The number of likely N-dealkylation sites (tertiary alicyclic amines) is 2. The van der Waals surface area contributed by atoms with Gasteiger partial charge in [0.15, 0.2) is 0 Å². The molecule has 0 unspecified atom stereocenters. The number of amides is 3. The minimum Gasteiger partial charge on any atom is -0.339 e. The Morgan fingerprint density at radius 2 is 1.67 bits per heavy atom. The van der Waals surface area contributed by atoms with Crippen molar-refractivity contribution in [3.63, 3.8) is 0 Å². The average molecular weight is 292 g/mol. The van der Waals surface area contributed by atoms with E-state index in [1.165, 1.54) is 30.6 Å². The molecule has 3 aliphatic rings. The van der Waals surface area contributed by atoms with Gasteiger partial charge in [0, 0.05) is 38.4 Å². The lowest BCUT2D eigenvalue weighted by molar-refractivity contribution is -0.141. The van der Waals surface area contributed by atoms with Crippen LogP contribution in [0.4, 0.5) is 0 Å². The molecular weight excluding hydrogens is 268 g/mol. The van der Waals surface area contributed by atoms with E-state index < -0.39 is 0 Å². The molecule has 3 fully saturated rings. The summed E-state index contributed by atoms with van der Waals surface area (Å²) >= 11 is 0. The van der Waals surface area contributed by atoms with Gasteiger partial charge in [0.25, 0.3) is 0 Å². The summed E-state index contributed by atoms with van der Waals surface area (Å²) in [6, 6.07) is 0.407. The number of imide groups is 1. The van der Waals surface area contributed by atoms with Crippen LogP contribution in [0.1, 0.15) is 57.8 Å². The van der Waals surface area contributed by atoms with Crippen LogP contribution in [0.15, 0.2) is 0 Å². The minimum absolute atomic E-state index is 0.123. The van der Waals surface area contributed by atoms with Gasteiger partial charge in [-0.05, 0) is 31.6 Å². The van der Waals surface area contributed by atoms with Crippen molar-refractivity contribution in [1.29, 1.82) is 0 Å². The number of nitrogens with zero attached hydrogens (tertiary/aromatic N) is 2. The third kappa shape index (κ3) is 2.97. The average Bonchev–Trinajstić information content (AvgIpc) is 2.83. The highest BCUT2D eigenvalue weighted by Crippen LogP contribution is 2.35. The number of carbonyl (C=O) groups is 3. The first-order chi connectivity index (χ1) is 10.2. The Kier molecular flexibility index (Phi) is 4.27. The number of rotatable bonds is 3. The van der Waals surface area contributed by atoms with Crippen molar-refractivity contribution in [2.75, 3.05) is 13.1 Å². The summed E-state index contributed by atoms with van der Waals surface area (Å²) in [5.41, 5.74) is 0. The van der Waals surface area contributed by atoms with Crippen LogP contribution in [0.5, 0.6) is 0 Å². The maximum atomic E-state index is 12.5. The Morgan fingerprint density at radius 1 is 1.00 bits per heavy atom. The fraction of sp³-hybridized carbons (Fsp3) is 0.812. The van der Waals surface area contributed by atoms with Crippen molar-refractivity contribution in [2.45, 2.75) is 63.8 Å². The summed E-state index contributed by atoms with van der Waals surface area (Å²) in [5.74, 6) is 0.551. The van der Waals surface area contributed by atoms with E-state index >= 15 is 0 Å². The molecular formula is C16H24N2O3. The predicted octanol–water partition coefficient (Wildman–Crippen LogP) is 1.71. The number of fused-ring (bicyclic) bond motifs is 1. The Labute approximate surface area is 125 Å². The Morgan fingerprint density at radius 3 is 2.43 bits per heavy atom. The van der Waals surface area contributed by atoms with E-state index in [-0.39, 0.29) is 24.3 Å². The Balaban J connectivity index is 1.57. The molecule has 21 heavy (non-hydrogen) atoms. The van der Waals surface area contributed by atoms with E-state index in [4.69, 9.17) is 0 Å². The van der Waals surface area contributed by atoms with Gasteiger partial charge in [-0.25, -0.2) is 0 Å². The zero-order valence-corrected chi connectivity index (χ0v) is 12.6. The highest BCUT2D eigenvalue weighted by molar-refractivity contribution is 6.02. The summed E-state index contributed by atoms with van der Waals surface area (Å²) in [6.07, 6.45) is 8.12. The van der Waals surface area contributed by atoms with Crippen LogP contribution in [0, 0.1) is 5.92 Å². The quantitative estimate of drug-likeness (QED) is 0.744. The van der Waals surface area contributed by atoms with Crippen LogP contribution in [-0.2, 0) is 14.4 Å². The molecule has 0 bridgehead atoms. The van der Waals surface area contributed by atoms with Crippen molar-refractivity contribution in [2.24, 2.45) is 5.92 Å². The van der Waals surface area contributed by atoms with Crippen LogP contribution in [0.2, 0.25) is 0 Å². The van der Waals surface area contributed by atoms with Crippen molar-refractivity contribution >= 4 is 17.7 Å². The second kappa shape index (κ2) is 6.16. The summed E-state index contributed by atoms with van der Waals surface area (Å²) in [5, 5.41) is 0. The Bertz CT molecular complexity index is 431. The smallest absolute Gasteiger partial charge is 0.229 e. The molecule has 0 aromatic carbocycles. The van der Waals surface area contributed by atoms with Gasteiger partial charge in [-0.1, -0.05) is 12.8 Å². The van der Waals surface area contributed by atoms with Gasteiger partial charge in [0.05, 0.1) is 0 Å². The molecule has 0 spiro atoms. The molecule has 3 rings (SSSR count). The standard InChI is InChI=1S/C16H24N2O3/c19-14-7-8-15(20)18(14)11-9-16(21)17-10-3-5-12-4-1-2-6-13(12)17/h12-13H,1-11H2/t12-,13+/m1/s1. The highest BCUT2D eigenvalue weighted by atomic mass is 16.2. The molecule has 0 aromatic heterocycles. The molecule has 2 atom stereocenters. The lowest BCUT2D eigenvalue weighted by Gasteiger charge is -2.44. The van der Waals surface area contributed by atoms with Crippen molar-refractivity contribution in [3.8, 4) is 0 Å². The van der Waals surface area contributed by atoms with E-state index in [9.17, 15) is 14.4 Å². The SMILES string of the molecule is O=C1CCC(=O)N1CCC(=O)N1CCC[C@H]2CCCC[C@@H]21. The third-order valence-corrected chi connectivity index (χ3v) is 5.27. The molecule has 1 saturated carbocycles. The molecule has 5 heteroatoms. The second-order valence-electron chi connectivity index (χ2n) is 6.53. The van der Waals surface area contributed by atoms with Crippen molar-refractivity contribution in [3.05, 3.63) is 0 Å². The van der Waals surface area contributed by atoms with E-state index in [0.29, 0.717) is 31.2 Å². The topological polar surface area (TPSA) is 57.7 Å². The van der Waals surface area contributed by atoms with Crippen molar-refractivity contribution in [1.82, 2.24) is 9.80 Å². The van der Waals surface area contributed by atoms with Gasteiger partial charge >= 0.3 is 0 Å². The first kappa shape index (κ1) is 14.5. The predicted molar refractivity (Wildman–Crippen MR) is 77.3 cm³/mol. The summed E-state index contributed by atoms with van der Waals surface area (Å²) in [4.78, 5) is 39.0. The summed E-state index contributed by atoms with van der Waals surface area (Å²) in [7, 11) is 0. The number of hydrogen-bond acceptors (Lipinski definition) is 3. The van der Waals surface area contributed by atoms with Gasteiger partial charge in [0.1, 0.15) is 0 Å². The van der Waals surface area contributed by atoms with Gasteiger partial charge in [-0.15, -0.1) is 0 Å². The van der Waals surface area contributed by atoms with Crippen LogP contribution >= 0.6 is 0 Å². The van der Waals surface area contributed by atoms with Crippen LogP contribution < -0.4 is 0 Å². The first-order valence-electron chi connectivity index (χ1n) is 8.29. The fourth-order valence-corrected chi connectivity index (χ4v) is 4.16. The Hall–Kier alpha value is -1.39. The number of piperidine rings is 1. The highest BCUT2D eigenvalue weighted by Gasteiger charge is 2.36. The molecule has 3 amide bonds. The minimum atomic E-state index is -0.123. The van der Waals surface area contributed by atoms with Crippen molar-refractivity contribution < 1.29 is 14.4 Å². The van der Waals surface area contributed by atoms with Crippen LogP contribution in [0.25, 0.3) is 0 Å². The molecule has 0 N–H and O–H groups in total. The summed E-state index contributed by atoms with van der Waals surface area (Å²) in [6.45, 7) is 1.12. The molecule has 0 aromatic rings. The van der Waals surface area contributed by atoms with Crippen LogP contribution in [-0.4, -0.2) is 46.7 Å². The lowest BCUT2D eigenvalue weighted by atomic mass is 9.78. The molecule has 2 saturated heterocycles. The zero-order chi connectivity index (χ0) is 14.8. The molecule has 116 valence electrons. The van der Waals surface area contributed by atoms with E-state index in [1.807, 2.05) is 4.90 Å². The fourth-order valence-electron chi connectivity index (χ4n) is 4.16. The van der Waals surface area contributed by atoms with Gasteiger partial charge < -0.3 is 4.90 Å². The van der Waals surface area contributed by atoms with E-state index in [1.54, 1.807) is 0 Å². The normalized spacial score (nSPS) is 29.7. The van der Waals surface area contributed by atoms with Crippen LogP contribution in [0.3, 0.4) is 0 Å². The second-order valence-corrected chi connectivity index (χ2v) is 6.53. The van der Waals surface area contributed by atoms with E-state index in [0.717, 1.165) is 19.4 Å². The zero-order valence-electron chi connectivity index (χ0n) is 12.6. The van der Waals surface area contributed by atoms with Gasteiger partial charge in [-0.3, -0.25) is 19.3 Å². The number of hydrogen-bond donors (Lipinski definition) is 0. The first-order valence-corrected chi connectivity index (χ1v) is 8.29. The molecule has 0 radical (unpaired) electrons. The van der Waals surface area contributed by atoms with Gasteiger partial charge in [-0.2, -0.15) is 0 Å². The monoisotopic (exact) mass is 292 g/mol. The molecule has 1 aliphatic carbocycles. The maximum absolute atomic E-state index is 12.5. The summed E-state index contributed by atoms with van der Waals surface area (Å²) < 4.78 is 0. The molecule has 2 aliphatic heterocycles. The molecule has 2 heterocycles. The number of carbonyl (C=O) groups excluding carboxylic acids is 3. The third-order valence-electron chi connectivity index (χ3n) is 5.27. The van der Waals surface area contributed by atoms with Gasteiger partial charge in [0.2, 0.25) is 17.7 Å². The maximum Gasteiger partial charge on any atom is 0.229 e. The molecule has 5 nitrogen and oxygen atoms in total. The van der Waals surface area contributed by atoms with E-state index in [2.05, 4.69) is 0 Å².